The molecule has 0 aliphatic carbocycles. The van der Waals surface area contributed by atoms with Crippen molar-refractivity contribution >= 4 is 39.4 Å². The molecule has 11 nitrogen and oxygen atoms in total. The van der Waals surface area contributed by atoms with E-state index in [2.05, 4.69) is 38.1 Å². The molecule has 0 bridgehead atoms. The number of amides is 1. The number of thiophene rings is 1. The minimum absolute atomic E-state index is 0.0496. The molecular weight excluding hydrogens is 480 g/mol. The van der Waals surface area contributed by atoms with Crippen LogP contribution in [0.4, 0.5) is 11.9 Å². The highest BCUT2D eigenvalue weighted by Crippen LogP contribution is 2.29. The number of nitrogens with zero attached hydrogens (tertiary/aromatic N) is 6. The average Bonchev–Trinajstić information content (AvgIpc) is 3.34. The van der Waals surface area contributed by atoms with E-state index in [0.29, 0.717) is 38.1 Å². The predicted octanol–water partition coefficient (Wildman–Crippen LogP) is 2.27. The van der Waals surface area contributed by atoms with Crippen molar-refractivity contribution < 1.29 is 14.7 Å². The molecule has 1 aliphatic rings. The van der Waals surface area contributed by atoms with Crippen LogP contribution >= 0.6 is 11.3 Å². The quantitative estimate of drug-likeness (QED) is 0.252. The van der Waals surface area contributed by atoms with Crippen LogP contribution in [0.2, 0.25) is 0 Å². The highest BCUT2D eigenvalue weighted by Gasteiger charge is 2.24. The van der Waals surface area contributed by atoms with Gasteiger partial charge in [-0.2, -0.15) is 0 Å². The zero-order chi connectivity index (χ0) is 25.1. The summed E-state index contributed by atoms with van der Waals surface area (Å²) in [5.41, 5.74) is 10.6. The number of carbonyl (C=O) groups is 1. The first-order valence-corrected chi connectivity index (χ1v) is 12.2. The molecule has 4 heterocycles. The van der Waals surface area contributed by atoms with E-state index >= 15 is 0 Å². The standard InChI is InChI=1S/C24H26N8O3S/c1-31(23-26-10-17(11-27-23)22(33)30-34)13-18-8-19-21(36-18)12-28-24(29-19)32-6-7-35-20(14-32)16-4-2-15(9-25)3-5-16/h2-5,8,10-12,20,34H,6-7,9,13-14,25H2,1H3,(H,30,33). The van der Waals surface area contributed by atoms with Crippen molar-refractivity contribution in [2.24, 2.45) is 5.73 Å². The molecule has 1 aliphatic heterocycles. The van der Waals surface area contributed by atoms with Crippen LogP contribution in [0.15, 0.2) is 48.9 Å². The fraction of sp³-hybridized carbons (Fsp3) is 0.292. The Bertz CT molecular complexity index is 1350. The van der Waals surface area contributed by atoms with Crippen molar-refractivity contribution in [3.05, 3.63) is 70.5 Å². The number of hydrogen-bond donors (Lipinski definition) is 3. The molecule has 0 saturated carbocycles. The van der Waals surface area contributed by atoms with Gasteiger partial charge in [0.15, 0.2) is 0 Å². The molecule has 5 rings (SSSR count). The maximum absolute atomic E-state index is 11.5. The summed E-state index contributed by atoms with van der Waals surface area (Å²) in [4.78, 5) is 34.5. The second-order valence-electron chi connectivity index (χ2n) is 8.45. The number of ether oxygens (including phenoxy) is 1. The van der Waals surface area contributed by atoms with E-state index in [1.54, 1.807) is 16.8 Å². The smallest absolute Gasteiger partial charge is 0.277 e. The summed E-state index contributed by atoms with van der Waals surface area (Å²) in [6.07, 6.45) is 4.56. The summed E-state index contributed by atoms with van der Waals surface area (Å²) in [5, 5.41) is 8.73. The van der Waals surface area contributed by atoms with E-state index in [4.69, 9.17) is 20.7 Å². The molecule has 0 spiro atoms. The fourth-order valence-corrected chi connectivity index (χ4v) is 5.04. The van der Waals surface area contributed by atoms with E-state index in [9.17, 15) is 4.79 Å². The molecule has 4 aromatic rings. The molecule has 1 fully saturated rings. The van der Waals surface area contributed by atoms with Crippen LogP contribution in [-0.2, 0) is 17.8 Å². The lowest BCUT2D eigenvalue weighted by Crippen LogP contribution is -2.39. The lowest BCUT2D eigenvalue weighted by Gasteiger charge is -2.33. The van der Waals surface area contributed by atoms with Gasteiger partial charge in [-0.3, -0.25) is 10.0 Å². The number of hydroxylamine groups is 1. The van der Waals surface area contributed by atoms with Crippen molar-refractivity contribution in [2.75, 3.05) is 36.5 Å². The van der Waals surface area contributed by atoms with Crippen LogP contribution in [0.1, 0.15) is 32.5 Å². The topological polar surface area (TPSA) is 143 Å². The van der Waals surface area contributed by atoms with Gasteiger partial charge in [-0.25, -0.2) is 25.4 Å². The van der Waals surface area contributed by atoms with E-state index in [0.717, 1.165) is 32.8 Å². The Morgan fingerprint density at radius 3 is 2.75 bits per heavy atom. The zero-order valence-corrected chi connectivity index (χ0v) is 20.5. The molecule has 1 amide bonds. The Labute approximate surface area is 211 Å². The van der Waals surface area contributed by atoms with Crippen molar-refractivity contribution in [1.82, 2.24) is 25.4 Å². The highest BCUT2D eigenvalue weighted by molar-refractivity contribution is 7.19. The van der Waals surface area contributed by atoms with E-state index < -0.39 is 5.91 Å². The van der Waals surface area contributed by atoms with Gasteiger partial charge in [-0.05, 0) is 17.2 Å². The van der Waals surface area contributed by atoms with Gasteiger partial charge < -0.3 is 20.3 Å². The molecule has 12 heteroatoms. The van der Waals surface area contributed by atoms with Gasteiger partial charge in [-0.1, -0.05) is 24.3 Å². The Balaban J connectivity index is 1.28. The van der Waals surface area contributed by atoms with Crippen molar-refractivity contribution in [2.45, 2.75) is 19.2 Å². The third-order valence-electron chi connectivity index (χ3n) is 5.98. The molecule has 0 radical (unpaired) electrons. The van der Waals surface area contributed by atoms with Gasteiger partial charge in [0.05, 0.1) is 41.7 Å². The first-order chi connectivity index (χ1) is 17.5. The first kappa shape index (κ1) is 24.0. The number of carbonyl (C=O) groups excluding carboxylic acids is 1. The monoisotopic (exact) mass is 506 g/mol. The van der Waals surface area contributed by atoms with E-state index in [1.165, 1.54) is 12.4 Å². The van der Waals surface area contributed by atoms with Crippen LogP contribution in [-0.4, -0.2) is 57.8 Å². The summed E-state index contributed by atoms with van der Waals surface area (Å²) in [6, 6.07) is 10.3. The number of aromatic nitrogens is 4. The number of fused-ring (bicyclic) bond motifs is 1. The van der Waals surface area contributed by atoms with Gasteiger partial charge in [0, 0.05) is 37.4 Å². The molecule has 186 valence electrons. The second-order valence-corrected chi connectivity index (χ2v) is 9.62. The Morgan fingerprint density at radius 1 is 1.25 bits per heavy atom. The summed E-state index contributed by atoms with van der Waals surface area (Å²) >= 11 is 1.62. The first-order valence-electron chi connectivity index (χ1n) is 11.4. The summed E-state index contributed by atoms with van der Waals surface area (Å²) in [6.45, 7) is 3.09. The normalized spacial score (nSPS) is 15.8. The second kappa shape index (κ2) is 10.5. The maximum Gasteiger partial charge on any atom is 0.277 e. The van der Waals surface area contributed by atoms with Crippen molar-refractivity contribution in [3.63, 3.8) is 0 Å². The van der Waals surface area contributed by atoms with Crippen LogP contribution in [0, 0.1) is 0 Å². The lowest BCUT2D eigenvalue weighted by atomic mass is 10.1. The predicted molar refractivity (Wildman–Crippen MR) is 136 cm³/mol. The number of hydrogen-bond acceptors (Lipinski definition) is 11. The van der Waals surface area contributed by atoms with Crippen molar-refractivity contribution in [3.8, 4) is 0 Å². The molecule has 3 aromatic heterocycles. The summed E-state index contributed by atoms with van der Waals surface area (Å²) < 4.78 is 7.02. The van der Waals surface area contributed by atoms with Gasteiger partial charge >= 0.3 is 0 Å². The van der Waals surface area contributed by atoms with Crippen LogP contribution < -0.4 is 21.0 Å². The van der Waals surface area contributed by atoms with Crippen LogP contribution in [0.25, 0.3) is 10.2 Å². The minimum atomic E-state index is -0.654. The third kappa shape index (κ3) is 5.11. The molecular formula is C24H26N8O3S. The number of nitrogens with one attached hydrogen (secondary N) is 1. The molecule has 1 saturated heterocycles. The van der Waals surface area contributed by atoms with E-state index in [1.807, 2.05) is 30.3 Å². The van der Waals surface area contributed by atoms with Gasteiger partial charge in [0.25, 0.3) is 5.91 Å². The Morgan fingerprint density at radius 2 is 2.03 bits per heavy atom. The number of nitrogens with two attached hydrogens (primary N) is 1. The van der Waals surface area contributed by atoms with Crippen LogP contribution in [0.3, 0.4) is 0 Å². The van der Waals surface area contributed by atoms with Crippen LogP contribution in [0.5, 0.6) is 0 Å². The highest BCUT2D eigenvalue weighted by atomic mass is 32.1. The molecule has 1 aromatic carbocycles. The van der Waals surface area contributed by atoms with Gasteiger partial charge in [0.1, 0.15) is 6.10 Å². The van der Waals surface area contributed by atoms with E-state index in [-0.39, 0.29) is 11.7 Å². The SMILES string of the molecule is CN(Cc1cc2nc(N3CCOC(c4ccc(CN)cc4)C3)ncc2s1)c1ncc(C(=O)NO)cn1. The summed E-state index contributed by atoms with van der Waals surface area (Å²) in [5.74, 6) is 0.500. The maximum atomic E-state index is 11.5. The zero-order valence-electron chi connectivity index (χ0n) is 19.7. The Hall–Kier alpha value is -3.71. The number of anilines is 2. The van der Waals surface area contributed by atoms with Gasteiger partial charge in [-0.15, -0.1) is 11.3 Å². The fourth-order valence-electron chi connectivity index (χ4n) is 4.02. The summed E-state index contributed by atoms with van der Waals surface area (Å²) in [7, 11) is 1.87. The van der Waals surface area contributed by atoms with Crippen molar-refractivity contribution in [1.29, 1.82) is 0 Å². The average molecular weight is 507 g/mol. The molecule has 4 N–H and O–H groups in total. The minimum Gasteiger partial charge on any atom is -0.370 e. The molecule has 36 heavy (non-hydrogen) atoms. The van der Waals surface area contributed by atoms with Gasteiger partial charge in [0.2, 0.25) is 11.9 Å². The Kier molecular flexibility index (Phi) is 7.00. The largest absolute Gasteiger partial charge is 0.370 e. The molecule has 1 unspecified atom stereocenters. The number of morpholine rings is 1. The number of benzene rings is 1. The lowest BCUT2D eigenvalue weighted by molar-refractivity contribution is 0.0392. The third-order valence-corrected chi connectivity index (χ3v) is 7.03. The number of rotatable bonds is 7. The molecule has 1 atom stereocenters.